The van der Waals surface area contributed by atoms with Crippen molar-refractivity contribution in [1.82, 2.24) is 10.6 Å². The Kier molecular flexibility index (Phi) is 3.04. The van der Waals surface area contributed by atoms with E-state index in [1.165, 1.54) is 18.2 Å². The van der Waals surface area contributed by atoms with Crippen molar-refractivity contribution in [3.05, 3.63) is 24.8 Å². The fourth-order valence-corrected chi connectivity index (χ4v) is 1.39. The molecule has 1 aliphatic rings. The summed E-state index contributed by atoms with van der Waals surface area (Å²) in [6.45, 7) is 5.16. The SMILES string of the molecule is C=C/C=C/C1(CC)C(=O)NC(=O)NC1=O. The van der Waals surface area contributed by atoms with Crippen LogP contribution in [0.15, 0.2) is 24.8 Å². The lowest BCUT2D eigenvalue weighted by molar-refractivity contribution is -0.141. The maximum absolute atomic E-state index is 11.6. The van der Waals surface area contributed by atoms with Crippen LogP contribution >= 0.6 is 0 Å². The summed E-state index contributed by atoms with van der Waals surface area (Å²) in [5.41, 5.74) is -1.30. The predicted molar refractivity (Wildman–Crippen MR) is 53.7 cm³/mol. The molecule has 4 amide bonds. The van der Waals surface area contributed by atoms with Gasteiger partial charge in [-0.15, -0.1) is 0 Å². The van der Waals surface area contributed by atoms with Crippen LogP contribution in [0.1, 0.15) is 13.3 Å². The van der Waals surface area contributed by atoms with E-state index in [1.54, 1.807) is 6.92 Å². The van der Waals surface area contributed by atoms with E-state index < -0.39 is 23.3 Å². The fraction of sp³-hybridized carbons (Fsp3) is 0.300. The lowest BCUT2D eigenvalue weighted by Gasteiger charge is -2.30. The Bertz CT molecular complexity index is 338. The van der Waals surface area contributed by atoms with Crippen LogP contribution in [-0.2, 0) is 9.59 Å². The first-order valence-corrected chi connectivity index (χ1v) is 4.54. The van der Waals surface area contributed by atoms with E-state index in [9.17, 15) is 14.4 Å². The molecule has 5 nitrogen and oxygen atoms in total. The molecule has 15 heavy (non-hydrogen) atoms. The van der Waals surface area contributed by atoms with Crippen LogP contribution in [0, 0.1) is 5.41 Å². The maximum atomic E-state index is 11.6. The average molecular weight is 208 g/mol. The van der Waals surface area contributed by atoms with Gasteiger partial charge >= 0.3 is 6.03 Å². The summed E-state index contributed by atoms with van der Waals surface area (Å²) >= 11 is 0. The van der Waals surface area contributed by atoms with E-state index in [2.05, 4.69) is 17.2 Å². The van der Waals surface area contributed by atoms with Gasteiger partial charge in [-0.3, -0.25) is 20.2 Å². The summed E-state index contributed by atoms with van der Waals surface area (Å²) in [7, 11) is 0. The minimum Gasteiger partial charge on any atom is -0.277 e. The van der Waals surface area contributed by atoms with E-state index in [1.807, 2.05) is 0 Å². The summed E-state index contributed by atoms with van der Waals surface area (Å²) in [5.74, 6) is -1.20. The van der Waals surface area contributed by atoms with Gasteiger partial charge in [0.1, 0.15) is 5.41 Å². The highest BCUT2D eigenvalue weighted by Gasteiger charge is 2.46. The minimum absolute atomic E-state index is 0.280. The summed E-state index contributed by atoms with van der Waals surface area (Å²) in [6.07, 6.45) is 4.70. The van der Waals surface area contributed by atoms with Crippen molar-refractivity contribution in [2.45, 2.75) is 13.3 Å². The maximum Gasteiger partial charge on any atom is 0.328 e. The number of allylic oxidation sites excluding steroid dienone is 2. The normalized spacial score (nSPS) is 19.9. The zero-order chi connectivity index (χ0) is 11.5. The van der Waals surface area contributed by atoms with Gasteiger partial charge in [0.15, 0.2) is 0 Å². The highest BCUT2D eigenvalue weighted by molar-refractivity contribution is 6.20. The zero-order valence-corrected chi connectivity index (χ0v) is 8.37. The second-order valence-corrected chi connectivity index (χ2v) is 3.16. The molecule has 0 aromatic rings. The number of hydrogen-bond donors (Lipinski definition) is 2. The van der Waals surface area contributed by atoms with Crippen LogP contribution in [0.25, 0.3) is 0 Å². The zero-order valence-electron chi connectivity index (χ0n) is 8.37. The molecule has 0 aromatic carbocycles. The van der Waals surface area contributed by atoms with Gasteiger partial charge in [-0.05, 0) is 6.42 Å². The van der Waals surface area contributed by atoms with Gasteiger partial charge in [0.05, 0.1) is 0 Å². The molecule has 5 heteroatoms. The van der Waals surface area contributed by atoms with Crippen LogP contribution in [-0.4, -0.2) is 17.8 Å². The third kappa shape index (κ3) is 1.81. The Balaban J connectivity index is 3.10. The summed E-state index contributed by atoms with van der Waals surface area (Å²) < 4.78 is 0. The number of barbiturate groups is 1. The number of carbonyl (C=O) groups is 3. The molecule has 0 saturated carbocycles. The van der Waals surface area contributed by atoms with Crippen molar-refractivity contribution in [3.63, 3.8) is 0 Å². The molecule has 0 bridgehead atoms. The van der Waals surface area contributed by atoms with E-state index in [0.29, 0.717) is 0 Å². The van der Waals surface area contributed by atoms with Crippen LogP contribution in [0.4, 0.5) is 4.79 Å². The van der Waals surface area contributed by atoms with E-state index >= 15 is 0 Å². The number of nitrogens with one attached hydrogen (secondary N) is 2. The molecule has 1 fully saturated rings. The number of amides is 4. The number of urea groups is 1. The lowest BCUT2D eigenvalue weighted by atomic mass is 9.81. The van der Waals surface area contributed by atoms with Gasteiger partial charge in [-0.1, -0.05) is 31.7 Å². The molecular weight excluding hydrogens is 196 g/mol. The van der Waals surface area contributed by atoms with Gasteiger partial charge in [0, 0.05) is 0 Å². The molecule has 1 heterocycles. The van der Waals surface area contributed by atoms with Crippen LogP contribution in [0.3, 0.4) is 0 Å². The molecule has 1 rings (SSSR count). The second-order valence-electron chi connectivity index (χ2n) is 3.16. The van der Waals surface area contributed by atoms with Crippen molar-refractivity contribution < 1.29 is 14.4 Å². The molecule has 2 N–H and O–H groups in total. The Morgan fingerprint density at radius 2 is 1.80 bits per heavy atom. The first-order chi connectivity index (χ1) is 7.06. The molecule has 0 spiro atoms. The third-order valence-corrected chi connectivity index (χ3v) is 2.34. The standard InChI is InChI=1S/C10H12N2O3/c1-3-5-6-10(4-2)7(13)11-9(15)12-8(10)14/h3,5-6H,1,4H2,2H3,(H2,11,12,13,14,15)/b6-5+. The topological polar surface area (TPSA) is 75.3 Å². The number of carbonyl (C=O) groups excluding carboxylic acids is 3. The molecule has 0 aliphatic carbocycles. The Morgan fingerprint density at radius 1 is 1.27 bits per heavy atom. The first-order valence-electron chi connectivity index (χ1n) is 4.54. The minimum atomic E-state index is -1.30. The van der Waals surface area contributed by atoms with Crippen LogP contribution < -0.4 is 10.6 Å². The van der Waals surface area contributed by atoms with E-state index in [-0.39, 0.29) is 6.42 Å². The molecule has 0 atom stereocenters. The first kappa shape index (κ1) is 11.2. The smallest absolute Gasteiger partial charge is 0.277 e. The molecule has 0 aromatic heterocycles. The number of hydrogen-bond acceptors (Lipinski definition) is 3. The molecule has 1 saturated heterocycles. The van der Waals surface area contributed by atoms with Crippen molar-refractivity contribution in [3.8, 4) is 0 Å². The number of imide groups is 2. The van der Waals surface area contributed by atoms with Crippen molar-refractivity contribution >= 4 is 17.8 Å². The summed E-state index contributed by atoms with van der Waals surface area (Å²) in [5, 5.41) is 4.13. The Hall–Kier alpha value is -1.91. The van der Waals surface area contributed by atoms with Crippen molar-refractivity contribution in [2.75, 3.05) is 0 Å². The Morgan fingerprint density at radius 3 is 2.20 bits per heavy atom. The number of rotatable bonds is 3. The predicted octanol–water partition coefficient (Wildman–Crippen LogP) is 0.491. The lowest BCUT2D eigenvalue weighted by Crippen LogP contribution is -2.61. The summed E-state index contributed by atoms with van der Waals surface area (Å²) in [6, 6.07) is -0.777. The highest BCUT2D eigenvalue weighted by atomic mass is 16.2. The summed E-state index contributed by atoms with van der Waals surface area (Å²) in [4.78, 5) is 34.0. The van der Waals surface area contributed by atoms with E-state index in [0.717, 1.165) is 0 Å². The van der Waals surface area contributed by atoms with Crippen molar-refractivity contribution in [1.29, 1.82) is 0 Å². The molecule has 1 aliphatic heterocycles. The fourth-order valence-electron chi connectivity index (χ4n) is 1.39. The van der Waals surface area contributed by atoms with Gasteiger partial charge in [0.2, 0.25) is 11.8 Å². The van der Waals surface area contributed by atoms with Crippen LogP contribution in [0.5, 0.6) is 0 Å². The largest absolute Gasteiger partial charge is 0.328 e. The quantitative estimate of drug-likeness (QED) is 0.523. The molecule has 0 unspecified atom stereocenters. The van der Waals surface area contributed by atoms with Gasteiger partial charge < -0.3 is 0 Å². The van der Waals surface area contributed by atoms with Gasteiger partial charge in [0.25, 0.3) is 0 Å². The monoisotopic (exact) mass is 208 g/mol. The Labute approximate surface area is 87.2 Å². The molecular formula is C10H12N2O3. The van der Waals surface area contributed by atoms with E-state index in [4.69, 9.17) is 0 Å². The molecule has 80 valence electrons. The second kappa shape index (κ2) is 4.08. The highest BCUT2D eigenvalue weighted by Crippen LogP contribution is 2.26. The van der Waals surface area contributed by atoms with Gasteiger partial charge in [-0.25, -0.2) is 4.79 Å². The van der Waals surface area contributed by atoms with Gasteiger partial charge in [-0.2, -0.15) is 0 Å². The average Bonchev–Trinajstić information content (AvgIpc) is 2.17. The van der Waals surface area contributed by atoms with Crippen LogP contribution in [0.2, 0.25) is 0 Å². The molecule has 0 radical (unpaired) electrons. The third-order valence-electron chi connectivity index (χ3n) is 2.34. The van der Waals surface area contributed by atoms with Crippen molar-refractivity contribution in [2.24, 2.45) is 5.41 Å².